The molecule has 8 nitrogen and oxygen atoms in total. The van der Waals surface area contributed by atoms with Gasteiger partial charge in [-0.1, -0.05) is 71.4 Å². The summed E-state index contributed by atoms with van der Waals surface area (Å²) in [5.41, 5.74) is 3.40. The Balaban J connectivity index is 1.26. The number of Topliss-reactive ketones (excluding diaryl/α,β-unsaturated/α-hetero) is 1. The summed E-state index contributed by atoms with van der Waals surface area (Å²) >= 11 is 7.36. The minimum Gasteiger partial charge on any atom is -0.454 e. The highest BCUT2D eigenvalue weighted by Crippen LogP contribution is 2.36. The van der Waals surface area contributed by atoms with Crippen LogP contribution in [0.5, 0.6) is 0 Å². The average Bonchev–Trinajstić information content (AvgIpc) is 3.28. The summed E-state index contributed by atoms with van der Waals surface area (Å²) in [6, 6.07) is 25.3. The minimum absolute atomic E-state index is 0.0860. The van der Waals surface area contributed by atoms with Crippen molar-refractivity contribution in [3.05, 3.63) is 112 Å². The molecule has 5 rings (SSSR count). The van der Waals surface area contributed by atoms with Crippen LogP contribution in [0.4, 0.5) is 5.69 Å². The van der Waals surface area contributed by atoms with Crippen LogP contribution in [0.2, 0.25) is 5.02 Å². The lowest BCUT2D eigenvalue weighted by Crippen LogP contribution is -2.31. The number of rotatable bonds is 8. The number of aromatic nitrogens is 1. The third-order valence-corrected chi connectivity index (χ3v) is 8.08. The number of ether oxygens (including phenoxy) is 1. The van der Waals surface area contributed by atoms with E-state index in [-0.39, 0.29) is 23.3 Å². The van der Waals surface area contributed by atoms with E-state index >= 15 is 0 Å². The van der Waals surface area contributed by atoms with E-state index in [0.717, 1.165) is 22.2 Å². The number of imide groups is 1. The predicted molar refractivity (Wildman–Crippen MR) is 158 cm³/mol. The molecule has 0 N–H and O–H groups in total. The SMILES string of the molecule is Cc1ccc(C(=O)COC(=O)c2ccc(N3C(=O)CC(Sc4nc(-c5ccccc5Cl)ccc4C#N)C3=O)cc2)cc1. The molecule has 0 spiro atoms. The number of amides is 2. The highest BCUT2D eigenvalue weighted by molar-refractivity contribution is 8.00. The molecule has 2 amide bonds. The molecule has 1 aliphatic heterocycles. The molecule has 0 aliphatic carbocycles. The maximum atomic E-state index is 13.3. The van der Waals surface area contributed by atoms with Crippen molar-refractivity contribution >= 4 is 52.6 Å². The van der Waals surface area contributed by atoms with Crippen molar-refractivity contribution in [3.8, 4) is 17.3 Å². The molecular formula is C32H22ClN3O5S. The third kappa shape index (κ3) is 6.10. The maximum Gasteiger partial charge on any atom is 0.338 e. The first-order valence-corrected chi connectivity index (χ1v) is 14.1. The number of benzene rings is 3. The number of hydrogen-bond donors (Lipinski definition) is 0. The van der Waals surface area contributed by atoms with Gasteiger partial charge in [0.1, 0.15) is 11.1 Å². The van der Waals surface area contributed by atoms with Gasteiger partial charge in [0.2, 0.25) is 11.8 Å². The second kappa shape index (κ2) is 12.4. The lowest BCUT2D eigenvalue weighted by atomic mass is 10.1. The smallest absolute Gasteiger partial charge is 0.338 e. The number of aryl methyl sites for hydroxylation is 1. The van der Waals surface area contributed by atoms with E-state index in [1.165, 1.54) is 24.3 Å². The van der Waals surface area contributed by atoms with Gasteiger partial charge in [-0.3, -0.25) is 14.4 Å². The van der Waals surface area contributed by atoms with E-state index in [1.807, 2.05) is 13.0 Å². The number of carbonyl (C=O) groups excluding carboxylic acids is 4. The largest absolute Gasteiger partial charge is 0.454 e. The molecule has 1 saturated heterocycles. The Labute approximate surface area is 250 Å². The third-order valence-electron chi connectivity index (χ3n) is 6.56. The van der Waals surface area contributed by atoms with E-state index in [2.05, 4.69) is 11.1 Å². The number of anilines is 1. The van der Waals surface area contributed by atoms with Gasteiger partial charge in [-0.25, -0.2) is 14.7 Å². The van der Waals surface area contributed by atoms with Crippen molar-refractivity contribution in [1.82, 2.24) is 4.98 Å². The Morgan fingerprint density at radius 2 is 1.69 bits per heavy atom. The van der Waals surface area contributed by atoms with E-state index in [9.17, 15) is 24.4 Å². The Bertz CT molecular complexity index is 1750. The van der Waals surface area contributed by atoms with Gasteiger partial charge in [0.05, 0.1) is 27.8 Å². The first kappa shape index (κ1) is 28.7. The van der Waals surface area contributed by atoms with Gasteiger partial charge in [-0.2, -0.15) is 5.26 Å². The normalized spacial score (nSPS) is 14.5. The van der Waals surface area contributed by atoms with Crippen molar-refractivity contribution in [2.75, 3.05) is 11.5 Å². The molecule has 0 saturated carbocycles. The number of hydrogen-bond acceptors (Lipinski definition) is 8. The Hall–Kier alpha value is -4.78. The van der Waals surface area contributed by atoms with E-state index in [0.29, 0.717) is 32.6 Å². The number of thioether (sulfide) groups is 1. The lowest BCUT2D eigenvalue weighted by molar-refractivity contribution is -0.121. The van der Waals surface area contributed by atoms with E-state index in [4.69, 9.17) is 16.3 Å². The Morgan fingerprint density at radius 1 is 1.00 bits per heavy atom. The lowest BCUT2D eigenvalue weighted by Gasteiger charge is -2.15. The standard InChI is InChI=1S/C32H22ClN3O5S/c1-19-6-8-20(9-7-19)27(37)18-41-32(40)21-10-13-23(14-11-21)36-29(38)16-28(31(36)39)42-30-22(17-34)12-15-26(35-30)24-4-2-3-5-25(24)33/h2-15,28H,16,18H2,1H3. The van der Waals surface area contributed by atoms with Crippen LogP contribution < -0.4 is 4.90 Å². The molecule has 4 aromatic rings. The van der Waals surface area contributed by atoms with Crippen molar-refractivity contribution < 1.29 is 23.9 Å². The first-order chi connectivity index (χ1) is 20.2. The minimum atomic E-state index is -0.795. The molecule has 10 heteroatoms. The van der Waals surface area contributed by atoms with Crippen LogP contribution in [0.15, 0.2) is 90.0 Å². The van der Waals surface area contributed by atoms with Crippen LogP contribution >= 0.6 is 23.4 Å². The molecule has 208 valence electrons. The highest BCUT2D eigenvalue weighted by atomic mass is 35.5. The monoisotopic (exact) mass is 595 g/mol. The molecule has 1 unspecified atom stereocenters. The summed E-state index contributed by atoms with van der Waals surface area (Å²) in [6.07, 6.45) is -0.0860. The molecule has 0 radical (unpaired) electrons. The molecule has 3 aromatic carbocycles. The zero-order valence-electron chi connectivity index (χ0n) is 22.2. The summed E-state index contributed by atoms with van der Waals surface area (Å²) in [5, 5.41) is 9.64. The molecule has 1 aromatic heterocycles. The second-order valence-electron chi connectivity index (χ2n) is 9.43. The first-order valence-electron chi connectivity index (χ1n) is 12.8. The molecular weight excluding hydrogens is 574 g/mol. The number of pyridine rings is 1. The second-order valence-corrected chi connectivity index (χ2v) is 11.0. The summed E-state index contributed by atoms with van der Waals surface area (Å²) in [7, 11) is 0. The number of nitrogens with zero attached hydrogens (tertiary/aromatic N) is 3. The van der Waals surface area contributed by atoms with Crippen molar-refractivity contribution in [2.45, 2.75) is 23.6 Å². The summed E-state index contributed by atoms with van der Waals surface area (Å²) in [6.45, 7) is 1.49. The van der Waals surface area contributed by atoms with Gasteiger partial charge >= 0.3 is 5.97 Å². The number of halogens is 1. The van der Waals surface area contributed by atoms with Crippen LogP contribution in [0, 0.1) is 18.3 Å². The molecule has 1 atom stereocenters. The van der Waals surface area contributed by atoms with Crippen molar-refractivity contribution in [3.63, 3.8) is 0 Å². The molecule has 42 heavy (non-hydrogen) atoms. The average molecular weight is 596 g/mol. The van der Waals surface area contributed by atoms with Gasteiger partial charge < -0.3 is 4.74 Å². The number of carbonyl (C=O) groups is 4. The zero-order chi connectivity index (χ0) is 29.8. The van der Waals surface area contributed by atoms with Crippen molar-refractivity contribution in [2.24, 2.45) is 0 Å². The highest BCUT2D eigenvalue weighted by Gasteiger charge is 2.41. The van der Waals surface area contributed by atoms with Crippen molar-refractivity contribution in [1.29, 1.82) is 5.26 Å². The molecule has 1 aliphatic rings. The van der Waals surface area contributed by atoms with Gasteiger partial charge in [0.15, 0.2) is 12.4 Å². The summed E-state index contributed by atoms with van der Waals surface area (Å²) in [5.74, 6) is -1.92. The Kier molecular flexibility index (Phi) is 8.48. The van der Waals surface area contributed by atoms with Crippen LogP contribution in [-0.2, 0) is 14.3 Å². The fourth-order valence-corrected chi connectivity index (χ4v) is 5.65. The topological polar surface area (TPSA) is 117 Å². The number of nitriles is 1. The maximum absolute atomic E-state index is 13.3. The van der Waals surface area contributed by atoms with Gasteiger partial charge in [0, 0.05) is 22.6 Å². The molecule has 2 heterocycles. The van der Waals surface area contributed by atoms with E-state index < -0.39 is 29.6 Å². The van der Waals surface area contributed by atoms with Gasteiger partial charge in [-0.05, 0) is 49.4 Å². The fourth-order valence-electron chi connectivity index (χ4n) is 4.32. The fraction of sp³-hybridized carbons (Fsp3) is 0.125. The molecule has 1 fully saturated rings. The molecule has 0 bridgehead atoms. The van der Waals surface area contributed by atoms with E-state index in [1.54, 1.807) is 54.6 Å². The van der Waals surface area contributed by atoms with Crippen LogP contribution in [0.1, 0.15) is 38.3 Å². The summed E-state index contributed by atoms with van der Waals surface area (Å²) in [4.78, 5) is 56.6. The predicted octanol–water partition coefficient (Wildman–Crippen LogP) is 6.05. The summed E-state index contributed by atoms with van der Waals surface area (Å²) < 4.78 is 5.16. The number of esters is 1. The van der Waals surface area contributed by atoms with Gasteiger partial charge in [0.25, 0.3) is 0 Å². The van der Waals surface area contributed by atoms with Gasteiger partial charge in [-0.15, -0.1) is 0 Å². The Morgan fingerprint density at radius 3 is 2.38 bits per heavy atom. The quantitative estimate of drug-likeness (QED) is 0.137. The van der Waals surface area contributed by atoms with Crippen LogP contribution in [-0.4, -0.2) is 40.4 Å². The zero-order valence-corrected chi connectivity index (χ0v) is 23.8. The number of ketones is 1. The van der Waals surface area contributed by atoms with Crippen LogP contribution in [0.25, 0.3) is 11.3 Å². The van der Waals surface area contributed by atoms with Crippen LogP contribution in [0.3, 0.4) is 0 Å².